The zero-order valence-electron chi connectivity index (χ0n) is 16.5. The summed E-state index contributed by atoms with van der Waals surface area (Å²) in [7, 11) is 0. The molecule has 8 heteroatoms. The van der Waals surface area contributed by atoms with Crippen LogP contribution in [-0.4, -0.2) is 35.2 Å². The number of nitrogens with zero attached hydrogens (tertiary/aromatic N) is 1. The molecule has 2 N–H and O–H groups in total. The van der Waals surface area contributed by atoms with Crippen LogP contribution in [0.2, 0.25) is 5.02 Å². The third-order valence-electron chi connectivity index (χ3n) is 5.48. The number of urea groups is 1. The fourth-order valence-electron chi connectivity index (χ4n) is 3.99. The summed E-state index contributed by atoms with van der Waals surface area (Å²) in [5, 5.41) is 11.7. The summed E-state index contributed by atoms with van der Waals surface area (Å²) in [6, 6.07) is 13.1. The van der Waals surface area contributed by atoms with Crippen LogP contribution in [0.4, 0.5) is 23.7 Å². The summed E-state index contributed by atoms with van der Waals surface area (Å²) >= 11 is 5.56. The molecule has 2 amide bonds. The Morgan fingerprint density at radius 1 is 1.10 bits per heavy atom. The minimum Gasteiger partial charge on any atom is -0.393 e. The molecule has 2 aromatic rings. The number of amides is 2. The second-order valence-corrected chi connectivity index (χ2v) is 8.23. The first-order valence-corrected chi connectivity index (χ1v) is 10.1. The van der Waals surface area contributed by atoms with E-state index in [1.54, 1.807) is 4.90 Å². The van der Waals surface area contributed by atoms with Gasteiger partial charge in [0.15, 0.2) is 0 Å². The first kappa shape index (κ1) is 22.4. The maximum absolute atomic E-state index is 12.8. The van der Waals surface area contributed by atoms with E-state index in [1.807, 2.05) is 18.2 Å². The number of benzene rings is 2. The van der Waals surface area contributed by atoms with Crippen molar-refractivity contribution in [1.29, 1.82) is 0 Å². The molecule has 4 rings (SSSR count). The standard InChI is InChI=1S/C15H16ClF3N2O2.C7H8/c16-13-2-1-10(5-12(13)15(17,18)19)20-14(23)21-6-8-3-11(22)4-9(8)7-21;1-7-5-3-2-4-6-7/h1-2,5,8-9,11,22H,3-4,6-7H2,(H,20,23);2-6H,1H3/t8-,9+,11?;. The fourth-order valence-corrected chi connectivity index (χ4v) is 4.22. The number of hydrogen-bond acceptors (Lipinski definition) is 2. The van der Waals surface area contributed by atoms with Gasteiger partial charge in [-0.25, -0.2) is 4.79 Å². The van der Waals surface area contributed by atoms with Crippen molar-refractivity contribution in [2.24, 2.45) is 11.8 Å². The van der Waals surface area contributed by atoms with Crippen LogP contribution >= 0.6 is 11.6 Å². The maximum Gasteiger partial charge on any atom is 0.417 e. The van der Waals surface area contributed by atoms with Gasteiger partial charge in [-0.3, -0.25) is 0 Å². The Morgan fingerprint density at radius 2 is 1.70 bits per heavy atom. The van der Waals surface area contributed by atoms with Crippen LogP contribution in [0, 0.1) is 18.8 Å². The molecule has 1 heterocycles. The van der Waals surface area contributed by atoms with Crippen molar-refractivity contribution in [1.82, 2.24) is 4.90 Å². The molecule has 1 aliphatic carbocycles. The molecule has 0 spiro atoms. The van der Waals surface area contributed by atoms with E-state index in [-0.39, 0.29) is 23.6 Å². The Labute approximate surface area is 178 Å². The van der Waals surface area contributed by atoms with Gasteiger partial charge in [0.25, 0.3) is 0 Å². The highest BCUT2D eigenvalue weighted by Gasteiger charge is 2.42. The summed E-state index contributed by atoms with van der Waals surface area (Å²) in [6.45, 7) is 3.13. The lowest BCUT2D eigenvalue weighted by atomic mass is 10.0. The number of anilines is 1. The van der Waals surface area contributed by atoms with E-state index in [2.05, 4.69) is 24.4 Å². The number of alkyl halides is 3. The molecule has 0 radical (unpaired) electrons. The lowest BCUT2D eigenvalue weighted by Gasteiger charge is -2.19. The van der Waals surface area contributed by atoms with E-state index < -0.39 is 22.8 Å². The molecule has 4 nitrogen and oxygen atoms in total. The van der Waals surface area contributed by atoms with Crippen LogP contribution in [-0.2, 0) is 6.18 Å². The quantitative estimate of drug-likeness (QED) is 0.607. The van der Waals surface area contributed by atoms with Gasteiger partial charge in [-0.15, -0.1) is 0 Å². The normalized spacial score (nSPS) is 22.9. The Morgan fingerprint density at radius 3 is 2.20 bits per heavy atom. The highest BCUT2D eigenvalue weighted by Crippen LogP contribution is 2.39. The number of rotatable bonds is 1. The van der Waals surface area contributed by atoms with Gasteiger partial charge in [0, 0.05) is 18.8 Å². The third kappa shape index (κ3) is 5.67. The number of fused-ring (bicyclic) bond motifs is 1. The zero-order chi connectivity index (χ0) is 21.9. The highest BCUT2D eigenvalue weighted by molar-refractivity contribution is 6.31. The number of aryl methyl sites for hydroxylation is 1. The van der Waals surface area contributed by atoms with Gasteiger partial charge >= 0.3 is 12.2 Å². The third-order valence-corrected chi connectivity index (χ3v) is 5.81. The molecule has 2 aromatic carbocycles. The van der Waals surface area contributed by atoms with Crippen molar-refractivity contribution in [2.75, 3.05) is 18.4 Å². The molecule has 1 saturated heterocycles. The average Bonchev–Trinajstić information content (AvgIpc) is 3.21. The van der Waals surface area contributed by atoms with Crippen molar-refractivity contribution in [2.45, 2.75) is 32.0 Å². The van der Waals surface area contributed by atoms with E-state index in [4.69, 9.17) is 11.6 Å². The van der Waals surface area contributed by atoms with Gasteiger partial charge in [0.05, 0.1) is 16.7 Å². The Kier molecular flexibility index (Phi) is 6.93. The Hall–Kier alpha value is -2.25. The van der Waals surface area contributed by atoms with E-state index in [0.717, 1.165) is 12.1 Å². The number of likely N-dealkylation sites (tertiary alicyclic amines) is 1. The summed E-state index contributed by atoms with van der Waals surface area (Å²) in [4.78, 5) is 13.8. The molecule has 0 aromatic heterocycles. The monoisotopic (exact) mass is 440 g/mol. The minimum absolute atomic E-state index is 0.0591. The largest absolute Gasteiger partial charge is 0.417 e. The van der Waals surface area contributed by atoms with E-state index in [1.165, 1.54) is 11.6 Å². The second kappa shape index (κ2) is 9.27. The predicted molar refractivity (Wildman–Crippen MR) is 110 cm³/mol. The lowest BCUT2D eigenvalue weighted by Crippen LogP contribution is -2.34. The Balaban J connectivity index is 0.000000310. The van der Waals surface area contributed by atoms with Crippen LogP contribution < -0.4 is 5.32 Å². The minimum atomic E-state index is -4.57. The van der Waals surface area contributed by atoms with Crippen molar-refractivity contribution < 1.29 is 23.1 Å². The summed E-state index contributed by atoms with van der Waals surface area (Å²) in [6.07, 6.45) is -3.53. The van der Waals surface area contributed by atoms with Gasteiger partial charge in [0.1, 0.15) is 0 Å². The first-order chi connectivity index (χ1) is 14.1. The topological polar surface area (TPSA) is 52.6 Å². The number of carbonyl (C=O) groups is 1. The lowest BCUT2D eigenvalue weighted by molar-refractivity contribution is -0.137. The highest BCUT2D eigenvalue weighted by atomic mass is 35.5. The molecule has 2 aliphatic rings. The molecule has 1 unspecified atom stereocenters. The number of nitrogens with one attached hydrogen (secondary N) is 1. The number of aliphatic hydroxyl groups excluding tert-OH is 1. The van der Waals surface area contributed by atoms with Crippen molar-refractivity contribution in [3.05, 3.63) is 64.7 Å². The van der Waals surface area contributed by atoms with Gasteiger partial charge < -0.3 is 15.3 Å². The van der Waals surface area contributed by atoms with Crippen molar-refractivity contribution in [3.63, 3.8) is 0 Å². The number of halogens is 4. The van der Waals surface area contributed by atoms with Crippen LogP contribution in [0.25, 0.3) is 0 Å². The summed E-state index contributed by atoms with van der Waals surface area (Å²) < 4.78 is 38.5. The molecule has 1 aliphatic heterocycles. The maximum atomic E-state index is 12.8. The second-order valence-electron chi connectivity index (χ2n) is 7.83. The van der Waals surface area contributed by atoms with Crippen molar-refractivity contribution in [3.8, 4) is 0 Å². The molecule has 162 valence electrons. The molecular formula is C22H24ClF3N2O2. The van der Waals surface area contributed by atoms with E-state index >= 15 is 0 Å². The number of hydrogen-bond donors (Lipinski definition) is 2. The van der Waals surface area contributed by atoms with Crippen LogP contribution in [0.3, 0.4) is 0 Å². The van der Waals surface area contributed by atoms with Gasteiger partial charge in [-0.05, 0) is 49.8 Å². The average molecular weight is 441 g/mol. The number of carbonyl (C=O) groups excluding carboxylic acids is 1. The van der Waals surface area contributed by atoms with E-state index in [9.17, 15) is 23.1 Å². The van der Waals surface area contributed by atoms with Crippen molar-refractivity contribution >= 4 is 23.3 Å². The first-order valence-electron chi connectivity index (χ1n) is 9.76. The molecule has 0 bridgehead atoms. The smallest absolute Gasteiger partial charge is 0.393 e. The van der Waals surface area contributed by atoms with Crippen LogP contribution in [0.5, 0.6) is 0 Å². The predicted octanol–water partition coefficient (Wildman–Crippen LogP) is 5.59. The van der Waals surface area contributed by atoms with Gasteiger partial charge in [-0.2, -0.15) is 13.2 Å². The summed E-state index contributed by atoms with van der Waals surface area (Å²) in [5.41, 5.74) is 0.407. The summed E-state index contributed by atoms with van der Waals surface area (Å²) in [5.74, 6) is 0.540. The molecule has 30 heavy (non-hydrogen) atoms. The molecule has 2 fully saturated rings. The Bertz CT molecular complexity index is 862. The molecule has 3 atom stereocenters. The fraction of sp³-hybridized carbons (Fsp3) is 0.409. The zero-order valence-corrected chi connectivity index (χ0v) is 17.2. The van der Waals surface area contributed by atoms with Gasteiger partial charge in [-0.1, -0.05) is 47.5 Å². The van der Waals surface area contributed by atoms with Crippen LogP contribution in [0.1, 0.15) is 24.0 Å². The SMILES string of the molecule is Cc1ccccc1.O=C(Nc1ccc(Cl)c(C(F)(F)F)c1)N1C[C@H]2CC(O)C[C@H]2C1. The number of aliphatic hydroxyl groups is 1. The molecule has 1 saturated carbocycles. The van der Waals surface area contributed by atoms with Crippen LogP contribution in [0.15, 0.2) is 48.5 Å². The molecular weight excluding hydrogens is 417 g/mol. The van der Waals surface area contributed by atoms with Gasteiger partial charge in [0.2, 0.25) is 0 Å². The van der Waals surface area contributed by atoms with E-state index in [0.29, 0.717) is 25.9 Å².